The predicted octanol–water partition coefficient (Wildman–Crippen LogP) is 1.80. The highest BCUT2D eigenvalue weighted by Gasteiger charge is 2.26. The molecule has 1 aliphatic heterocycles. The highest BCUT2D eigenvalue weighted by Crippen LogP contribution is 2.29. The van der Waals surface area contributed by atoms with Gasteiger partial charge in [-0.1, -0.05) is 12.8 Å². The summed E-state index contributed by atoms with van der Waals surface area (Å²) < 4.78 is 26.7. The van der Waals surface area contributed by atoms with Gasteiger partial charge in [-0.05, 0) is 45.1 Å². The smallest absolute Gasteiger partial charge is 0.255 e. The lowest BCUT2D eigenvalue weighted by Crippen LogP contribution is -2.42. The van der Waals surface area contributed by atoms with E-state index in [1.165, 1.54) is 10.6 Å². The first-order valence-electron chi connectivity index (χ1n) is 11.0. The van der Waals surface area contributed by atoms with Gasteiger partial charge in [-0.3, -0.25) is 9.36 Å². The summed E-state index contributed by atoms with van der Waals surface area (Å²) in [5.41, 5.74) is 1.15. The van der Waals surface area contributed by atoms with E-state index in [1.807, 2.05) is 6.07 Å². The predicted molar refractivity (Wildman–Crippen MR) is 120 cm³/mol. The van der Waals surface area contributed by atoms with Crippen molar-refractivity contribution in [3.63, 3.8) is 0 Å². The van der Waals surface area contributed by atoms with Crippen LogP contribution in [0.2, 0.25) is 0 Å². The summed E-state index contributed by atoms with van der Waals surface area (Å²) in [6.07, 6.45) is 7.99. The summed E-state index contributed by atoms with van der Waals surface area (Å²) in [4.78, 5) is 22.2. The molecule has 0 aromatic carbocycles. The second kappa shape index (κ2) is 8.84. The molecule has 2 N–H and O–H groups in total. The molecule has 0 radical (unpaired) electrons. The zero-order chi connectivity index (χ0) is 22.2. The molecule has 1 saturated heterocycles. The maximum atomic E-state index is 13.1. The van der Waals surface area contributed by atoms with Crippen LogP contribution in [0, 0.1) is 6.92 Å². The number of sulfonamides is 1. The zero-order valence-corrected chi connectivity index (χ0v) is 18.9. The number of piperidine rings is 1. The second-order valence-electron chi connectivity index (χ2n) is 8.88. The normalized spacial score (nSPS) is 24.2. The lowest BCUT2D eigenvalue weighted by atomic mass is 10.1. The first-order valence-corrected chi connectivity index (χ1v) is 12.9. The minimum atomic E-state index is -3.17. The summed E-state index contributed by atoms with van der Waals surface area (Å²) in [6.45, 7) is 2.73. The van der Waals surface area contributed by atoms with Gasteiger partial charge in [0.1, 0.15) is 5.65 Å². The Morgan fingerprint density at radius 3 is 2.58 bits per heavy atom. The number of hydrogen-bond acceptors (Lipinski definition) is 7. The molecule has 4 rings (SSSR count). The standard InChI is InChI=1S/C21H31N5O4S/c1-14-11-15-13-22-21(23-16-7-9-25(10-8-16)31(2,29)30)24-19(15)26(20(14)28)17-5-3-4-6-18(27)12-17/h11,13,16-18,27H,3-10,12H2,1-2H3,(H,22,23,24). The number of anilines is 1. The summed E-state index contributed by atoms with van der Waals surface area (Å²) in [6, 6.07) is 1.80. The molecule has 2 atom stereocenters. The Labute approximate surface area is 182 Å². The van der Waals surface area contributed by atoms with Crippen molar-refractivity contribution in [2.45, 2.75) is 70.1 Å². The van der Waals surface area contributed by atoms with Crippen LogP contribution in [0.4, 0.5) is 5.95 Å². The van der Waals surface area contributed by atoms with Gasteiger partial charge in [-0.2, -0.15) is 4.98 Å². The minimum Gasteiger partial charge on any atom is -0.393 e. The highest BCUT2D eigenvalue weighted by molar-refractivity contribution is 7.88. The topological polar surface area (TPSA) is 117 Å². The minimum absolute atomic E-state index is 0.0702. The van der Waals surface area contributed by atoms with Crippen molar-refractivity contribution >= 4 is 27.0 Å². The molecule has 0 amide bonds. The molecule has 2 fully saturated rings. The van der Waals surface area contributed by atoms with E-state index >= 15 is 0 Å². The van der Waals surface area contributed by atoms with Crippen LogP contribution in [0.3, 0.4) is 0 Å². The molecule has 2 aliphatic rings. The Bertz CT molecular complexity index is 1110. The monoisotopic (exact) mass is 449 g/mol. The van der Waals surface area contributed by atoms with E-state index in [0.717, 1.165) is 31.1 Å². The van der Waals surface area contributed by atoms with E-state index < -0.39 is 16.1 Å². The van der Waals surface area contributed by atoms with Gasteiger partial charge in [-0.15, -0.1) is 0 Å². The Hall–Kier alpha value is -2.04. The van der Waals surface area contributed by atoms with Crippen molar-refractivity contribution in [1.29, 1.82) is 0 Å². The zero-order valence-electron chi connectivity index (χ0n) is 18.1. The molecule has 0 spiro atoms. The van der Waals surface area contributed by atoms with Gasteiger partial charge in [0.05, 0.1) is 12.4 Å². The van der Waals surface area contributed by atoms with Crippen LogP contribution in [0.1, 0.15) is 56.6 Å². The summed E-state index contributed by atoms with van der Waals surface area (Å²) in [5.74, 6) is 0.441. The summed E-state index contributed by atoms with van der Waals surface area (Å²) in [7, 11) is -3.17. The van der Waals surface area contributed by atoms with Gasteiger partial charge in [0.15, 0.2) is 0 Å². The quantitative estimate of drug-likeness (QED) is 0.684. The number of aromatic nitrogens is 3. The number of rotatable bonds is 4. The van der Waals surface area contributed by atoms with Crippen LogP contribution < -0.4 is 10.9 Å². The van der Waals surface area contributed by atoms with Gasteiger partial charge in [0.2, 0.25) is 16.0 Å². The Morgan fingerprint density at radius 2 is 1.87 bits per heavy atom. The van der Waals surface area contributed by atoms with Crippen LogP contribution in [-0.2, 0) is 10.0 Å². The van der Waals surface area contributed by atoms with Crippen molar-refractivity contribution < 1.29 is 13.5 Å². The first kappa shape index (κ1) is 22.2. The van der Waals surface area contributed by atoms with Gasteiger partial charge in [-0.25, -0.2) is 17.7 Å². The van der Waals surface area contributed by atoms with Crippen LogP contribution in [0.15, 0.2) is 17.1 Å². The molecular weight excluding hydrogens is 418 g/mol. The van der Waals surface area contributed by atoms with Gasteiger partial charge in [0, 0.05) is 42.3 Å². The molecule has 10 heteroatoms. The van der Waals surface area contributed by atoms with Gasteiger partial charge < -0.3 is 10.4 Å². The lowest BCUT2D eigenvalue weighted by Gasteiger charge is -2.30. The maximum Gasteiger partial charge on any atom is 0.255 e. The van der Waals surface area contributed by atoms with Crippen LogP contribution >= 0.6 is 0 Å². The first-order chi connectivity index (χ1) is 14.7. The lowest BCUT2D eigenvalue weighted by molar-refractivity contribution is 0.142. The van der Waals surface area contributed by atoms with E-state index in [9.17, 15) is 18.3 Å². The molecule has 2 unspecified atom stereocenters. The number of aliphatic hydroxyl groups is 1. The SMILES string of the molecule is Cc1cc2cnc(NC3CCN(S(C)(=O)=O)CC3)nc2n(C2CCCCC(O)C2)c1=O. The number of hydrogen-bond donors (Lipinski definition) is 2. The Morgan fingerprint density at radius 1 is 1.16 bits per heavy atom. The molecule has 170 valence electrons. The average molecular weight is 450 g/mol. The van der Waals surface area contributed by atoms with Crippen molar-refractivity contribution in [3.8, 4) is 0 Å². The third-order valence-corrected chi connectivity index (χ3v) is 7.75. The van der Waals surface area contributed by atoms with E-state index in [2.05, 4.69) is 10.3 Å². The molecule has 0 bridgehead atoms. The third-order valence-electron chi connectivity index (χ3n) is 6.44. The number of pyridine rings is 1. The number of fused-ring (bicyclic) bond motifs is 1. The average Bonchev–Trinajstić information content (AvgIpc) is 2.93. The van der Waals surface area contributed by atoms with E-state index in [0.29, 0.717) is 49.5 Å². The molecule has 9 nitrogen and oxygen atoms in total. The van der Waals surface area contributed by atoms with E-state index in [1.54, 1.807) is 17.7 Å². The fourth-order valence-electron chi connectivity index (χ4n) is 4.72. The Balaban J connectivity index is 1.62. The molecule has 3 heterocycles. The third kappa shape index (κ3) is 4.91. The van der Waals surface area contributed by atoms with Gasteiger partial charge in [0.25, 0.3) is 5.56 Å². The van der Waals surface area contributed by atoms with Crippen LogP contribution in [0.25, 0.3) is 11.0 Å². The van der Waals surface area contributed by atoms with E-state index in [-0.39, 0.29) is 17.6 Å². The number of nitrogens with one attached hydrogen (secondary N) is 1. The van der Waals surface area contributed by atoms with Crippen LogP contribution in [0.5, 0.6) is 0 Å². The molecular formula is C21H31N5O4S. The van der Waals surface area contributed by atoms with E-state index in [4.69, 9.17) is 4.98 Å². The fourth-order valence-corrected chi connectivity index (χ4v) is 5.60. The molecule has 1 saturated carbocycles. The largest absolute Gasteiger partial charge is 0.393 e. The highest BCUT2D eigenvalue weighted by atomic mass is 32.2. The fraction of sp³-hybridized carbons (Fsp3) is 0.667. The van der Waals surface area contributed by atoms with Gasteiger partial charge >= 0.3 is 0 Å². The Kier molecular flexibility index (Phi) is 6.32. The maximum absolute atomic E-state index is 13.1. The van der Waals surface area contributed by atoms with Crippen LogP contribution in [-0.4, -0.2) is 63.9 Å². The molecule has 1 aliphatic carbocycles. The van der Waals surface area contributed by atoms with Crippen molar-refractivity contribution in [2.75, 3.05) is 24.7 Å². The molecule has 2 aromatic rings. The molecule has 2 aromatic heterocycles. The summed E-state index contributed by atoms with van der Waals surface area (Å²) in [5, 5.41) is 14.4. The molecule has 31 heavy (non-hydrogen) atoms. The summed E-state index contributed by atoms with van der Waals surface area (Å²) >= 11 is 0. The second-order valence-corrected chi connectivity index (χ2v) is 10.9. The van der Waals surface area contributed by atoms with Crippen molar-refractivity contribution in [3.05, 3.63) is 28.2 Å². The number of nitrogens with zero attached hydrogens (tertiary/aromatic N) is 4. The van der Waals surface area contributed by atoms with Crippen molar-refractivity contribution in [1.82, 2.24) is 18.8 Å². The van der Waals surface area contributed by atoms with Crippen molar-refractivity contribution in [2.24, 2.45) is 0 Å². The number of aryl methyl sites for hydroxylation is 1. The number of aliphatic hydroxyl groups excluding tert-OH is 1.